The predicted molar refractivity (Wildman–Crippen MR) is 113 cm³/mol. The summed E-state index contributed by atoms with van der Waals surface area (Å²) in [7, 11) is 0. The minimum Gasteiger partial charge on any atom is -0.484 e. The third-order valence-electron chi connectivity index (χ3n) is 3.98. The largest absolute Gasteiger partial charge is 0.484 e. The molecule has 0 aliphatic carbocycles. The number of amides is 1. The Morgan fingerprint density at radius 3 is 2.21 bits per heavy atom. The molecule has 2 N–H and O–H groups in total. The lowest BCUT2D eigenvalue weighted by Crippen LogP contribution is -2.20. The normalized spacial score (nSPS) is 10.1. The van der Waals surface area contributed by atoms with Crippen LogP contribution in [0.15, 0.2) is 78.9 Å². The fraction of sp³-hybridized carbons (Fsp3) is 0.130. The second kappa shape index (κ2) is 9.94. The first-order valence-corrected chi connectivity index (χ1v) is 9.26. The van der Waals surface area contributed by atoms with Crippen molar-refractivity contribution in [2.45, 2.75) is 6.92 Å². The van der Waals surface area contributed by atoms with Crippen molar-refractivity contribution in [1.29, 1.82) is 0 Å². The molecule has 1 amide bonds. The van der Waals surface area contributed by atoms with Crippen LogP contribution in [0.2, 0.25) is 0 Å². The maximum Gasteiger partial charge on any atom is 0.340 e. The number of benzene rings is 3. The summed E-state index contributed by atoms with van der Waals surface area (Å²) in [5.41, 5.74) is 2.54. The van der Waals surface area contributed by atoms with Crippen LogP contribution in [0.1, 0.15) is 17.3 Å². The molecule has 3 aromatic carbocycles. The average molecular weight is 390 g/mol. The van der Waals surface area contributed by atoms with Gasteiger partial charge in [-0.2, -0.15) is 0 Å². The molecule has 0 radical (unpaired) electrons. The summed E-state index contributed by atoms with van der Waals surface area (Å²) in [6.45, 7) is 2.01. The molecule has 0 spiro atoms. The number of ether oxygens (including phenoxy) is 2. The van der Waals surface area contributed by atoms with Gasteiger partial charge in [-0.05, 0) is 55.5 Å². The van der Waals surface area contributed by atoms with Crippen molar-refractivity contribution >= 4 is 28.9 Å². The molecule has 0 saturated carbocycles. The smallest absolute Gasteiger partial charge is 0.340 e. The Balaban J connectivity index is 1.58. The average Bonchev–Trinajstić information content (AvgIpc) is 2.75. The molecule has 0 aliphatic rings. The van der Waals surface area contributed by atoms with Crippen LogP contribution < -0.4 is 15.4 Å². The molecule has 6 heteroatoms. The molecule has 3 aromatic rings. The van der Waals surface area contributed by atoms with Gasteiger partial charge in [0.05, 0.1) is 17.9 Å². The fourth-order valence-corrected chi connectivity index (χ4v) is 2.63. The van der Waals surface area contributed by atoms with Gasteiger partial charge in [-0.1, -0.05) is 30.3 Å². The summed E-state index contributed by atoms with van der Waals surface area (Å²) in [5, 5.41) is 5.98. The summed E-state index contributed by atoms with van der Waals surface area (Å²) < 4.78 is 10.5. The number of para-hydroxylation sites is 2. The van der Waals surface area contributed by atoms with E-state index in [0.717, 1.165) is 5.69 Å². The Morgan fingerprint density at radius 1 is 0.828 bits per heavy atom. The number of rotatable bonds is 8. The molecule has 0 aromatic heterocycles. The van der Waals surface area contributed by atoms with E-state index in [9.17, 15) is 9.59 Å². The number of carbonyl (C=O) groups is 2. The highest BCUT2D eigenvalue weighted by Crippen LogP contribution is 2.23. The van der Waals surface area contributed by atoms with E-state index in [4.69, 9.17) is 9.47 Å². The van der Waals surface area contributed by atoms with Gasteiger partial charge in [-0.15, -0.1) is 0 Å². The van der Waals surface area contributed by atoms with Crippen LogP contribution in [-0.2, 0) is 9.53 Å². The van der Waals surface area contributed by atoms with E-state index in [2.05, 4.69) is 10.6 Å². The van der Waals surface area contributed by atoms with Crippen molar-refractivity contribution in [3.8, 4) is 5.75 Å². The molecule has 0 heterocycles. The first-order valence-electron chi connectivity index (χ1n) is 9.26. The number of esters is 1. The number of carbonyl (C=O) groups excluding carboxylic acids is 2. The van der Waals surface area contributed by atoms with Gasteiger partial charge in [0.2, 0.25) is 0 Å². The third kappa shape index (κ3) is 5.84. The lowest BCUT2D eigenvalue weighted by molar-refractivity contribution is -0.118. The Labute approximate surface area is 169 Å². The van der Waals surface area contributed by atoms with Crippen LogP contribution in [0, 0.1) is 0 Å². The van der Waals surface area contributed by atoms with Crippen molar-refractivity contribution in [1.82, 2.24) is 0 Å². The van der Waals surface area contributed by atoms with Gasteiger partial charge in [0.25, 0.3) is 5.91 Å². The van der Waals surface area contributed by atoms with E-state index in [1.807, 2.05) is 42.5 Å². The van der Waals surface area contributed by atoms with Crippen LogP contribution in [0.4, 0.5) is 17.1 Å². The summed E-state index contributed by atoms with van der Waals surface area (Å²) in [6, 6.07) is 23.5. The third-order valence-corrected chi connectivity index (χ3v) is 3.98. The highest BCUT2D eigenvalue weighted by atomic mass is 16.5. The van der Waals surface area contributed by atoms with E-state index < -0.39 is 0 Å². The van der Waals surface area contributed by atoms with Gasteiger partial charge in [0, 0.05) is 11.4 Å². The molecule has 29 heavy (non-hydrogen) atoms. The number of anilines is 3. The van der Waals surface area contributed by atoms with Crippen LogP contribution in [-0.4, -0.2) is 25.1 Å². The highest BCUT2D eigenvalue weighted by Gasteiger charge is 2.12. The fourth-order valence-electron chi connectivity index (χ4n) is 2.63. The Bertz CT molecular complexity index is 956. The summed E-state index contributed by atoms with van der Waals surface area (Å²) in [6.07, 6.45) is 0. The van der Waals surface area contributed by atoms with Gasteiger partial charge in [0.1, 0.15) is 5.75 Å². The van der Waals surface area contributed by atoms with Crippen LogP contribution in [0.5, 0.6) is 5.75 Å². The van der Waals surface area contributed by atoms with Crippen LogP contribution >= 0.6 is 0 Å². The van der Waals surface area contributed by atoms with Crippen molar-refractivity contribution in [2.75, 3.05) is 23.8 Å². The zero-order valence-corrected chi connectivity index (χ0v) is 16.1. The zero-order chi connectivity index (χ0) is 20.5. The predicted octanol–water partition coefficient (Wildman–Crippen LogP) is 4.62. The van der Waals surface area contributed by atoms with Crippen LogP contribution in [0.3, 0.4) is 0 Å². The Kier molecular flexibility index (Phi) is 6.84. The first kappa shape index (κ1) is 19.9. The topological polar surface area (TPSA) is 76.7 Å². The number of nitrogens with one attached hydrogen (secondary N) is 2. The van der Waals surface area contributed by atoms with E-state index >= 15 is 0 Å². The van der Waals surface area contributed by atoms with Crippen molar-refractivity contribution < 1.29 is 19.1 Å². The SMILES string of the molecule is CCOC(=O)c1ccccc1Nc1ccc(NC(=O)COc2ccccc2)cc1. The minimum atomic E-state index is -0.377. The van der Waals surface area contributed by atoms with Gasteiger partial charge in [-0.3, -0.25) is 4.79 Å². The Hall–Kier alpha value is -3.80. The highest BCUT2D eigenvalue weighted by molar-refractivity contribution is 5.96. The maximum absolute atomic E-state index is 12.1. The van der Waals surface area contributed by atoms with Gasteiger partial charge >= 0.3 is 5.97 Å². The molecule has 0 atom stereocenters. The molecule has 148 valence electrons. The maximum atomic E-state index is 12.1. The van der Waals surface area contributed by atoms with Crippen molar-refractivity contribution in [3.05, 3.63) is 84.4 Å². The molecular weight excluding hydrogens is 368 g/mol. The second-order valence-corrected chi connectivity index (χ2v) is 6.12. The quantitative estimate of drug-likeness (QED) is 0.549. The lowest BCUT2D eigenvalue weighted by atomic mass is 10.1. The second-order valence-electron chi connectivity index (χ2n) is 6.12. The molecule has 0 unspecified atom stereocenters. The molecule has 0 saturated heterocycles. The zero-order valence-electron chi connectivity index (χ0n) is 16.1. The van der Waals surface area contributed by atoms with E-state index in [0.29, 0.717) is 29.3 Å². The molecule has 0 aliphatic heterocycles. The standard InChI is InChI=1S/C23H22N2O4/c1-2-28-23(27)20-10-6-7-11-21(20)24-17-12-14-18(15-13-17)25-22(26)16-29-19-8-4-3-5-9-19/h3-15,24H,2,16H2,1H3,(H,25,26). The van der Waals surface area contributed by atoms with Crippen molar-refractivity contribution in [3.63, 3.8) is 0 Å². The molecule has 0 bridgehead atoms. The number of hydrogen-bond donors (Lipinski definition) is 2. The molecule has 3 rings (SSSR count). The molecule has 6 nitrogen and oxygen atoms in total. The van der Waals surface area contributed by atoms with E-state index in [1.165, 1.54) is 0 Å². The van der Waals surface area contributed by atoms with Gasteiger partial charge in [-0.25, -0.2) is 4.79 Å². The monoisotopic (exact) mass is 390 g/mol. The summed E-state index contributed by atoms with van der Waals surface area (Å²) in [5.74, 6) is 0.0163. The summed E-state index contributed by atoms with van der Waals surface area (Å²) >= 11 is 0. The van der Waals surface area contributed by atoms with Gasteiger partial charge < -0.3 is 20.1 Å². The van der Waals surface area contributed by atoms with Crippen LogP contribution in [0.25, 0.3) is 0 Å². The summed E-state index contributed by atoms with van der Waals surface area (Å²) in [4.78, 5) is 24.1. The molecule has 0 fully saturated rings. The number of hydrogen-bond acceptors (Lipinski definition) is 5. The van der Waals surface area contributed by atoms with Crippen molar-refractivity contribution in [2.24, 2.45) is 0 Å². The van der Waals surface area contributed by atoms with Gasteiger partial charge in [0.15, 0.2) is 6.61 Å². The Morgan fingerprint density at radius 2 is 1.48 bits per heavy atom. The molecular formula is C23H22N2O4. The van der Waals surface area contributed by atoms with E-state index in [1.54, 1.807) is 43.3 Å². The minimum absolute atomic E-state index is 0.0725. The lowest BCUT2D eigenvalue weighted by Gasteiger charge is -2.12. The van der Waals surface area contributed by atoms with E-state index in [-0.39, 0.29) is 18.5 Å². The first-order chi connectivity index (χ1) is 14.2.